The van der Waals surface area contributed by atoms with Crippen LogP contribution in [0.2, 0.25) is 0 Å². The first kappa shape index (κ1) is 21.1. The second-order valence-corrected chi connectivity index (χ2v) is 8.45. The number of sulfonamides is 1. The molecule has 0 spiro atoms. The summed E-state index contributed by atoms with van der Waals surface area (Å²) in [6.45, 7) is -0.329. The van der Waals surface area contributed by atoms with Gasteiger partial charge >= 0.3 is 5.97 Å². The summed E-state index contributed by atoms with van der Waals surface area (Å²) in [4.78, 5) is 11.5. The van der Waals surface area contributed by atoms with E-state index in [9.17, 15) is 18.3 Å². The minimum atomic E-state index is -4.09. The highest BCUT2D eigenvalue weighted by Gasteiger charge is 2.24. The monoisotopic (exact) mass is 437 g/mol. The number of ether oxygens (including phenoxy) is 2. The van der Waals surface area contributed by atoms with E-state index in [1.807, 2.05) is 16.8 Å². The number of aliphatic hydroxyl groups excluding tert-OH is 1. The lowest BCUT2D eigenvalue weighted by Crippen LogP contribution is -2.29. The fourth-order valence-corrected chi connectivity index (χ4v) is 4.47. The van der Waals surface area contributed by atoms with Gasteiger partial charge in [0.05, 0.1) is 19.8 Å². The van der Waals surface area contributed by atoms with E-state index < -0.39 is 22.1 Å². The number of thiophene rings is 1. The number of carbonyl (C=O) groups excluding carboxylic acids is 1. The van der Waals surface area contributed by atoms with Gasteiger partial charge in [-0.05, 0) is 41.8 Å². The first-order valence-electron chi connectivity index (χ1n) is 8.42. The fraction of sp³-hybridized carbons (Fsp3) is 0.211. The van der Waals surface area contributed by atoms with Gasteiger partial charge in [0.25, 0.3) is 0 Å². The van der Waals surface area contributed by atoms with Gasteiger partial charge in [0.1, 0.15) is 28.3 Å². The number of rotatable bonds is 8. The molecule has 0 saturated heterocycles. The molecule has 3 aromatic rings. The Morgan fingerprint density at radius 1 is 1.24 bits per heavy atom. The SMILES string of the molecule is COC(=O)c1ccc(OC)c(S(=O)(=O)NCC(O)c2ccc(-c3ccsc3)o2)c1. The first-order chi connectivity index (χ1) is 13.9. The summed E-state index contributed by atoms with van der Waals surface area (Å²) in [6.07, 6.45) is -1.20. The van der Waals surface area contributed by atoms with Crippen LogP contribution in [-0.4, -0.2) is 40.3 Å². The van der Waals surface area contributed by atoms with Crippen LogP contribution in [0.3, 0.4) is 0 Å². The number of hydrogen-bond acceptors (Lipinski definition) is 8. The topological polar surface area (TPSA) is 115 Å². The minimum Gasteiger partial charge on any atom is -0.495 e. The number of esters is 1. The molecule has 1 aromatic carbocycles. The zero-order valence-electron chi connectivity index (χ0n) is 15.6. The molecule has 2 aromatic heterocycles. The van der Waals surface area contributed by atoms with Crippen molar-refractivity contribution in [2.24, 2.45) is 0 Å². The highest BCUT2D eigenvalue weighted by molar-refractivity contribution is 7.89. The van der Waals surface area contributed by atoms with Gasteiger partial charge in [-0.15, -0.1) is 0 Å². The fourth-order valence-electron chi connectivity index (χ4n) is 2.59. The molecule has 3 rings (SSSR count). The standard InChI is InChI=1S/C19H19NO7S2/c1-25-17-4-3-12(19(22)26-2)9-18(17)29(23,24)20-10-14(21)16-6-5-15(27-16)13-7-8-28-11-13/h3-9,11,14,20-21H,10H2,1-2H3. The smallest absolute Gasteiger partial charge is 0.337 e. The average molecular weight is 437 g/mol. The van der Waals surface area contributed by atoms with Crippen LogP contribution in [0.5, 0.6) is 5.75 Å². The number of benzene rings is 1. The Morgan fingerprint density at radius 2 is 2.03 bits per heavy atom. The van der Waals surface area contributed by atoms with E-state index in [1.54, 1.807) is 12.1 Å². The molecule has 2 heterocycles. The third-order valence-electron chi connectivity index (χ3n) is 4.10. The first-order valence-corrected chi connectivity index (χ1v) is 10.8. The summed E-state index contributed by atoms with van der Waals surface area (Å²) in [5, 5.41) is 14.1. The van der Waals surface area contributed by atoms with Crippen molar-refractivity contribution >= 4 is 27.3 Å². The van der Waals surface area contributed by atoms with Crippen LogP contribution < -0.4 is 9.46 Å². The van der Waals surface area contributed by atoms with E-state index in [0.717, 1.165) is 11.6 Å². The molecule has 10 heteroatoms. The number of furan rings is 1. The van der Waals surface area contributed by atoms with Gasteiger partial charge in [-0.1, -0.05) is 0 Å². The van der Waals surface area contributed by atoms with Crippen LogP contribution in [0.15, 0.2) is 56.5 Å². The van der Waals surface area contributed by atoms with Crippen molar-refractivity contribution in [3.05, 3.63) is 58.5 Å². The van der Waals surface area contributed by atoms with Crippen molar-refractivity contribution in [3.8, 4) is 17.1 Å². The second-order valence-electron chi connectivity index (χ2n) is 5.94. The molecule has 29 heavy (non-hydrogen) atoms. The molecule has 0 saturated carbocycles. The highest BCUT2D eigenvalue weighted by atomic mass is 32.2. The van der Waals surface area contributed by atoms with Crippen molar-refractivity contribution in [2.75, 3.05) is 20.8 Å². The van der Waals surface area contributed by atoms with E-state index in [2.05, 4.69) is 9.46 Å². The van der Waals surface area contributed by atoms with E-state index in [0.29, 0.717) is 5.76 Å². The van der Waals surface area contributed by atoms with Crippen molar-refractivity contribution in [3.63, 3.8) is 0 Å². The van der Waals surface area contributed by atoms with E-state index in [1.165, 1.54) is 37.7 Å². The number of carbonyl (C=O) groups is 1. The third kappa shape index (κ3) is 4.67. The quantitative estimate of drug-likeness (QED) is 0.521. The van der Waals surface area contributed by atoms with Crippen LogP contribution in [0, 0.1) is 0 Å². The molecule has 8 nitrogen and oxygen atoms in total. The molecule has 154 valence electrons. The van der Waals surface area contributed by atoms with Crippen molar-refractivity contribution < 1.29 is 32.2 Å². The molecule has 0 aliphatic rings. The molecule has 2 N–H and O–H groups in total. The van der Waals surface area contributed by atoms with Gasteiger partial charge in [-0.3, -0.25) is 0 Å². The maximum absolute atomic E-state index is 12.7. The largest absolute Gasteiger partial charge is 0.495 e. The third-order valence-corrected chi connectivity index (χ3v) is 6.23. The van der Waals surface area contributed by atoms with Crippen molar-refractivity contribution in [2.45, 2.75) is 11.0 Å². The predicted octanol–water partition coefficient (Wildman–Crippen LogP) is 2.82. The van der Waals surface area contributed by atoms with Crippen LogP contribution >= 0.6 is 11.3 Å². The number of methoxy groups -OCH3 is 2. The lowest BCUT2D eigenvalue weighted by atomic mass is 10.2. The van der Waals surface area contributed by atoms with Crippen LogP contribution in [0.4, 0.5) is 0 Å². The molecule has 0 bridgehead atoms. The van der Waals surface area contributed by atoms with Gasteiger partial charge in [-0.25, -0.2) is 17.9 Å². The summed E-state index contributed by atoms with van der Waals surface area (Å²) in [5.74, 6) is 0.179. The zero-order valence-corrected chi connectivity index (χ0v) is 17.2. The molecule has 1 atom stereocenters. The molecule has 0 amide bonds. The maximum Gasteiger partial charge on any atom is 0.337 e. The van der Waals surface area contributed by atoms with Crippen LogP contribution in [0.25, 0.3) is 11.3 Å². The minimum absolute atomic E-state index is 0.0531. The number of aliphatic hydroxyl groups is 1. The van der Waals surface area contributed by atoms with Gasteiger partial charge < -0.3 is 19.0 Å². The number of nitrogens with one attached hydrogen (secondary N) is 1. The molecule has 0 radical (unpaired) electrons. The number of hydrogen-bond donors (Lipinski definition) is 2. The van der Waals surface area contributed by atoms with Gasteiger partial charge in [0.15, 0.2) is 0 Å². The molecule has 1 unspecified atom stereocenters. The lowest BCUT2D eigenvalue weighted by Gasteiger charge is -2.13. The van der Waals surface area contributed by atoms with Gasteiger partial charge in [-0.2, -0.15) is 11.3 Å². The Labute approximate surface area is 171 Å². The van der Waals surface area contributed by atoms with Crippen LogP contribution in [0.1, 0.15) is 22.2 Å². The summed E-state index contributed by atoms with van der Waals surface area (Å²) >= 11 is 1.51. The summed E-state index contributed by atoms with van der Waals surface area (Å²) < 4.78 is 43.1. The molecular formula is C19H19NO7S2. The lowest BCUT2D eigenvalue weighted by molar-refractivity contribution is 0.0600. The summed E-state index contributed by atoms with van der Waals surface area (Å²) in [6, 6.07) is 9.08. The van der Waals surface area contributed by atoms with Gasteiger partial charge in [0.2, 0.25) is 10.0 Å². The Balaban J connectivity index is 1.76. The average Bonchev–Trinajstić information content (AvgIpc) is 3.42. The molecule has 0 fully saturated rings. The van der Waals surface area contributed by atoms with E-state index in [4.69, 9.17) is 9.15 Å². The predicted molar refractivity (Wildman–Crippen MR) is 107 cm³/mol. The molecule has 0 aliphatic carbocycles. The Kier molecular flexibility index (Phi) is 6.38. The molecule has 0 aliphatic heterocycles. The normalized spacial score (nSPS) is 12.5. The Hall–Kier alpha value is -2.66. The van der Waals surface area contributed by atoms with E-state index >= 15 is 0 Å². The second kappa shape index (κ2) is 8.78. The highest BCUT2D eigenvalue weighted by Crippen LogP contribution is 2.28. The summed E-state index contributed by atoms with van der Waals surface area (Å²) in [5.41, 5.74) is 0.930. The van der Waals surface area contributed by atoms with Crippen molar-refractivity contribution in [1.82, 2.24) is 4.72 Å². The van der Waals surface area contributed by atoms with Crippen molar-refractivity contribution in [1.29, 1.82) is 0 Å². The molecular weight excluding hydrogens is 418 g/mol. The van der Waals surface area contributed by atoms with Crippen LogP contribution in [-0.2, 0) is 14.8 Å². The zero-order chi connectivity index (χ0) is 21.0. The maximum atomic E-state index is 12.7. The van der Waals surface area contributed by atoms with E-state index in [-0.39, 0.29) is 28.5 Å². The Morgan fingerprint density at radius 3 is 2.69 bits per heavy atom. The Bertz CT molecular complexity index is 1090. The van der Waals surface area contributed by atoms with Gasteiger partial charge in [0, 0.05) is 17.5 Å². The summed E-state index contributed by atoms with van der Waals surface area (Å²) in [7, 11) is -1.58.